The minimum absolute atomic E-state index is 0.228. The molecule has 3 aromatic rings. The van der Waals surface area contributed by atoms with Crippen molar-refractivity contribution in [2.24, 2.45) is 0 Å². The van der Waals surface area contributed by atoms with Crippen molar-refractivity contribution in [3.8, 4) is 11.5 Å². The van der Waals surface area contributed by atoms with Gasteiger partial charge < -0.3 is 14.8 Å². The lowest BCUT2D eigenvalue weighted by molar-refractivity contribution is 0.0977. The first-order valence-corrected chi connectivity index (χ1v) is 10.7. The summed E-state index contributed by atoms with van der Waals surface area (Å²) in [4.78, 5) is 12.4. The smallest absolute Gasteiger partial charge is 0.257 e. The van der Waals surface area contributed by atoms with Crippen LogP contribution in [-0.2, 0) is 6.61 Å². The Bertz CT molecular complexity index is 974. The molecule has 0 saturated heterocycles. The third kappa shape index (κ3) is 7.42. The first-order chi connectivity index (χ1) is 15.1. The molecule has 0 aromatic heterocycles. The van der Waals surface area contributed by atoms with Gasteiger partial charge in [-0.2, -0.15) is 0 Å². The number of anilines is 1. The summed E-state index contributed by atoms with van der Waals surface area (Å²) in [7, 11) is 0. The predicted molar refractivity (Wildman–Crippen MR) is 128 cm³/mol. The maximum absolute atomic E-state index is 12.4. The van der Waals surface area contributed by atoms with Crippen LogP contribution in [0.2, 0.25) is 0 Å². The first kappa shape index (κ1) is 22.3. The number of carbonyl (C=O) groups excluding carboxylic acids is 1. The Morgan fingerprint density at radius 2 is 1.52 bits per heavy atom. The van der Waals surface area contributed by atoms with E-state index < -0.39 is 0 Å². The summed E-state index contributed by atoms with van der Waals surface area (Å²) in [6, 6.07) is 24.4. The number of unbranched alkanes of at least 4 members (excludes halogenated alkanes) is 1. The van der Waals surface area contributed by atoms with Gasteiger partial charge >= 0.3 is 0 Å². The largest absolute Gasteiger partial charge is 0.494 e. The molecule has 6 heteroatoms. The summed E-state index contributed by atoms with van der Waals surface area (Å²) in [5.41, 5.74) is 2.38. The number of rotatable bonds is 9. The molecule has 1 amide bonds. The summed E-state index contributed by atoms with van der Waals surface area (Å²) in [5.74, 6) is 1.23. The number of hydrogen-bond acceptors (Lipinski definition) is 4. The van der Waals surface area contributed by atoms with Gasteiger partial charge in [-0.25, -0.2) is 0 Å². The molecule has 0 spiro atoms. The van der Waals surface area contributed by atoms with E-state index in [9.17, 15) is 4.79 Å². The second-order valence-corrected chi connectivity index (χ2v) is 7.34. The van der Waals surface area contributed by atoms with Crippen LogP contribution in [0.1, 0.15) is 35.7 Å². The van der Waals surface area contributed by atoms with Gasteiger partial charge in [0.2, 0.25) is 0 Å². The highest BCUT2D eigenvalue weighted by atomic mass is 32.1. The molecule has 5 nitrogen and oxygen atoms in total. The molecule has 0 radical (unpaired) electrons. The van der Waals surface area contributed by atoms with Crippen LogP contribution in [-0.4, -0.2) is 17.6 Å². The van der Waals surface area contributed by atoms with Gasteiger partial charge in [-0.05, 0) is 72.7 Å². The minimum atomic E-state index is -0.277. The van der Waals surface area contributed by atoms with Gasteiger partial charge in [0.05, 0.1) is 6.61 Å². The lowest BCUT2D eigenvalue weighted by atomic mass is 10.2. The molecule has 0 heterocycles. The second-order valence-electron chi connectivity index (χ2n) is 6.93. The molecule has 3 aromatic carbocycles. The van der Waals surface area contributed by atoms with Gasteiger partial charge in [0, 0.05) is 11.3 Å². The van der Waals surface area contributed by atoms with E-state index in [1.54, 1.807) is 24.3 Å². The standard InChI is InChI=1S/C25H26N2O3S/c1-2-3-17-29-22-13-9-20(10-14-22)24(28)27-25(31)26-21-11-15-23(16-12-21)30-18-19-7-5-4-6-8-19/h4-16H,2-3,17-18H2,1H3,(H2,26,27,28,31). The molecular formula is C25H26N2O3S. The zero-order valence-electron chi connectivity index (χ0n) is 17.5. The van der Waals surface area contributed by atoms with Gasteiger partial charge in [-0.1, -0.05) is 43.7 Å². The molecule has 2 N–H and O–H groups in total. The monoisotopic (exact) mass is 434 g/mol. The number of hydrogen-bond donors (Lipinski definition) is 2. The molecule has 0 aliphatic heterocycles. The Balaban J connectivity index is 1.45. The summed E-state index contributed by atoms with van der Waals surface area (Å²) in [6.07, 6.45) is 2.08. The van der Waals surface area contributed by atoms with Gasteiger partial charge in [-0.15, -0.1) is 0 Å². The normalized spacial score (nSPS) is 10.2. The molecule has 0 saturated carbocycles. The zero-order valence-corrected chi connectivity index (χ0v) is 18.3. The lowest BCUT2D eigenvalue weighted by Gasteiger charge is -2.11. The van der Waals surface area contributed by atoms with E-state index in [-0.39, 0.29) is 11.0 Å². The molecule has 3 rings (SSSR count). The van der Waals surface area contributed by atoms with Crippen LogP contribution < -0.4 is 20.1 Å². The number of carbonyl (C=O) groups is 1. The van der Waals surface area contributed by atoms with E-state index in [0.29, 0.717) is 18.8 Å². The third-order valence-corrected chi connectivity index (χ3v) is 4.67. The molecule has 0 bridgehead atoms. The highest BCUT2D eigenvalue weighted by Gasteiger charge is 2.08. The summed E-state index contributed by atoms with van der Waals surface area (Å²) >= 11 is 5.26. The fourth-order valence-corrected chi connectivity index (χ4v) is 2.96. The Labute approximate surface area is 188 Å². The zero-order chi connectivity index (χ0) is 21.9. The van der Waals surface area contributed by atoms with Gasteiger partial charge in [-0.3, -0.25) is 10.1 Å². The average molecular weight is 435 g/mol. The summed E-state index contributed by atoms with van der Waals surface area (Å²) < 4.78 is 11.4. The number of amides is 1. The van der Waals surface area contributed by atoms with E-state index in [4.69, 9.17) is 21.7 Å². The van der Waals surface area contributed by atoms with Crippen LogP contribution in [0.5, 0.6) is 11.5 Å². The summed E-state index contributed by atoms with van der Waals surface area (Å²) in [6.45, 7) is 3.29. The average Bonchev–Trinajstić information content (AvgIpc) is 2.80. The maximum Gasteiger partial charge on any atom is 0.257 e. The van der Waals surface area contributed by atoms with Crippen molar-refractivity contribution >= 4 is 28.9 Å². The number of ether oxygens (including phenoxy) is 2. The van der Waals surface area contributed by atoms with E-state index in [2.05, 4.69) is 17.6 Å². The first-order valence-electron chi connectivity index (χ1n) is 10.3. The Hall–Kier alpha value is -3.38. The van der Waals surface area contributed by atoms with Crippen molar-refractivity contribution in [1.82, 2.24) is 5.32 Å². The van der Waals surface area contributed by atoms with Crippen LogP contribution >= 0.6 is 12.2 Å². The highest BCUT2D eigenvalue weighted by molar-refractivity contribution is 7.80. The molecule has 0 aliphatic rings. The van der Waals surface area contributed by atoms with Crippen LogP contribution in [0.4, 0.5) is 5.69 Å². The van der Waals surface area contributed by atoms with Crippen LogP contribution in [0.3, 0.4) is 0 Å². The third-order valence-electron chi connectivity index (χ3n) is 4.47. The SMILES string of the molecule is CCCCOc1ccc(C(=O)NC(=S)Nc2ccc(OCc3ccccc3)cc2)cc1. The molecule has 0 unspecified atom stereocenters. The molecular weight excluding hydrogens is 408 g/mol. The number of thiocarbonyl (C=S) groups is 1. The van der Waals surface area contributed by atoms with Crippen LogP contribution in [0.25, 0.3) is 0 Å². The Morgan fingerprint density at radius 1 is 0.871 bits per heavy atom. The fraction of sp³-hybridized carbons (Fsp3) is 0.200. The Kier molecular flexibility index (Phi) is 8.43. The number of benzene rings is 3. The van der Waals surface area contributed by atoms with Gasteiger partial charge in [0.25, 0.3) is 5.91 Å². The van der Waals surface area contributed by atoms with Gasteiger partial charge in [0.15, 0.2) is 5.11 Å². The summed E-state index contributed by atoms with van der Waals surface area (Å²) in [5, 5.41) is 5.92. The molecule has 31 heavy (non-hydrogen) atoms. The van der Waals surface area contributed by atoms with Crippen molar-refractivity contribution in [3.05, 3.63) is 90.0 Å². The van der Waals surface area contributed by atoms with E-state index in [1.807, 2.05) is 54.6 Å². The Morgan fingerprint density at radius 3 is 2.19 bits per heavy atom. The molecule has 0 atom stereocenters. The van der Waals surface area contributed by atoms with E-state index >= 15 is 0 Å². The van der Waals surface area contributed by atoms with Crippen molar-refractivity contribution in [3.63, 3.8) is 0 Å². The predicted octanol–water partition coefficient (Wildman–Crippen LogP) is 5.57. The maximum atomic E-state index is 12.4. The van der Waals surface area contributed by atoms with Crippen molar-refractivity contribution in [2.45, 2.75) is 26.4 Å². The molecule has 0 fully saturated rings. The molecule has 160 valence electrons. The van der Waals surface area contributed by atoms with E-state index in [0.717, 1.165) is 35.6 Å². The second kappa shape index (κ2) is 11.7. The topological polar surface area (TPSA) is 59.6 Å². The van der Waals surface area contributed by atoms with Crippen LogP contribution in [0.15, 0.2) is 78.9 Å². The lowest BCUT2D eigenvalue weighted by Crippen LogP contribution is -2.34. The minimum Gasteiger partial charge on any atom is -0.494 e. The van der Waals surface area contributed by atoms with E-state index in [1.165, 1.54) is 0 Å². The molecule has 0 aliphatic carbocycles. The quantitative estimate of drug-likeness (QED) is 0.340. The van der Waals surface area contributed by atoms with Crippen molar-refractivity contribution in [2.75, 3.05) is 11.9 Å². The van der Waals surface area contributed by atoms with Crippen LogP contribution in [0, 0.1) is 0 Å². The van der Waals surface area contributed by atoms with Gasteiger partial charge in [0.1, 0.15) is 18.1 Å². The van der Waals surface area contributed by atoms with Crippen molar-refractivity contribution in [1.29, 1.82) is 0 Å². The van der Waals surface area contributed by atoms with Crippen molar-refractivity contribution < 1.29 is 14.3 Å². The fourth-order valence-electron chi connectivity index (χ4n) is 2.75. The highest BCUT2D eigenvalue weighted by Crippen LogP contribution is 2.17. The number of nitrogens with one attached hydrogen (secondary N) is 2.